The van der Waals surface area contributed by atoms with Gasteiger partial charge in [-0.15, -0.1) is 0 Å². The quantitative estimate of drug-likeness (QED) is 0.619. The molecule has 0 aliphatic carbocycles. The first-order chi connectivity index (χ1) is 5.33. The minimum absolute atomic E-state index is 1.21. The zero-order valence-electron chi connectivity index (χ0n) is 6.96. The summed E-state index contributed by atoms with van der Waals surface area (Å²) in [6, 6.07) is 2.04. The summed E-state index contributed by atoms with van der Waals surface area (Å²) in [7, 11) is 0. The molecule has 0 radical (unpaired) electrons. The predicted molar refractivity (Wildman–Crippen MR) is 49.3 cm³/mol. The van der Waals surface area contributed by atoms with Crippen LogP contribution in [0.25, 0.3) is 6.08 Å². The number of hydrogen-bond donors (Lipinski definition) is 1. The van der Waals surface area contributed by atoms with Gasteiger partial charge >= 0.3 is 0 Å². The zero-order valence-corrected chi connectivity index (χ0v) is 6.96. The Hall–Kier alpha value is -1.24. The molecule has 1 heteroatoms. The van der Waals surface area contributed by atoms with Crippen LogP contribution < -0.4 is 0 Å². The van der Waals surface area contributed by atoms with Crippen molar-refractivity contribution >= 4 is 6.08 Å². The molecule has 0 aromatic carbocycles. The number of aromatic nitrogens is 1. The van der Waals surface area contributed by atoms with Gasteiger partial charge in [-0.2, -0.15) is 0 Å². The van der Waals surface area contributed by atoms with Gasteiger partial charge in [-0.25, -0.2) is 0 Å². The van der Waals surface area contributed by atoms with Crippen LogP contribution in [-0.2, 0) is 0 Å². The standard InChI is InChI=1S/C10H13N/c1-3-9(2)4-5-10-6-7-11-8-10/h3-8,11H,1-2H3. The Morgan fingerprint density at radius 3 is 2.91 bits per heavy atom. The number of hydrogen-bond acceptors (Lipinski definition) is 0. The highest BCUT2D eigenvalue weighted by Crippen LogP contribution is 2.02. The van der Waals surface area contributed by atoms with Crippen LogP contribution in [0.4, 0.5) is 0 Å². The van der Waals surface area contributed by atoms with Gasteiger partial charge in [0.2, 0.25) is 0 Å². The van der Waals surface area contributed by atoms with E-state index in [4.69, 9.17) is 0 Å². The first-order valence-corrected chi connectivity index (χ1v) is 3.76. The molecule has 1 aromatic rings. The minimum Gasteiger partial charge on any atom is -0.367 e. The number of allylic oxidation sites excluding steroid dienone is 3. The van der Waals surface area contributed by atoms with E-state index < -0.39 is 0 Å². The van der Waals surface area contributed by atoms with Crippen LogP contribution >= 0.6 is 0 Å². The normalized spacial score (nSPS) is 12.7. The third-order valence-electron chi connectivity index (χ3n) is 1.62. The molecule has 1 N–H and O–H groups in total. The summed E-state index contributed by atoms with van der Waals surface area (Å²) in [5, 5.41) is 0. The van der Waals surface area contributed by atoms with E-state index in [0.29, 0.717) is 0 Å². The highest BCUT2D eigenvalue weighted by Gasteiger charge is 1.83. The summed E-state index contributed by atoms with van der Waals surface area (Å²) in [5.41, 5.74) is 2.50. The lowest BCUT2D eigenvalue weighted by Crippen LogP contribution is -1.65. The molecule has 0 bridgehead atoms. The van der Waals surface area contributed by atoms with E-state index in [0.717, 1.165) is 0 Å². The molecule has 1 aromatic heterocycles. The van der Waals surface area contributed by atoms with Crippen LogP contribution in [0, 0.1) is 0 Å². The Morgan fingerprint density at radius 2 is 2.36 bits per heavy atom. The smallest absolute Gasteiger partial charge is 0.00781 e. The maximum absolute atomic E-state index is 3.00. The van der Waals surface area contributed by atoms with Crippen molar-refractivity contribution in [2.45, 2.75) is 13.8 Å². The average Bonchev–Trinajstić information content (AvgIpc) is 2.52. The van der Waals surface area contributed by atoms with Crippen molar-refractivity contribution in [2.24, 2.45) is 0 Å². The molecule has 0 atom stereocenters. The lowest BCUT2D eigenvalue weighted by Gasteiger charge is -1.86. The molecule has 58 valence electrons. The Bertz CT molecular complexity index is 252. The van der Waals surface area contributed by atoms with Crippen molar-refractivity contribution in [2.75, 3.05) is 0 Å². The van der Waals surface area contributed by atoms with E-state index in [-0.39, 0.29) is 0 Å². The zero-order chi connectivity index (χ0) is 8.10. The Labute approximate surface area is 67.5 Å². The molecular formula is C10H13N. The summed E-state index contributed by atoms with van der Waals surface area (Å²) in [6.07, 6.45) is 10.2. The highest BCUT2D eigenvalue weighted by atomic mass is 14.6. The van der Waals surface area contributed by atoms with Crippen molar-refractivity contribution in [3.8, 4) is 0 Å². The number of H-pyrrole nitrogens is 1. The maximum Gasteiger partial charge on any atom is 0.00781 e. The van der Waals surface area contributed by atoms with Crippen LogP contribution in [0.5, 0.6) is 0 Å². The van der Waals surface area contributed by atoms with Gasteiger partial charge in [0.05, 0.1) is 0 Å². The maximum atomic E-state index is 3.00. The fourth-order valence-electron chi connectivity index (χ4n) is 0.764. The van der Waals surface area contributed by atoms with Crippen molar-refractivity contribution < 1.29 is 0 Å². The number of nitrogens with one attached hydrogen (secondary N) is 1. The van der Waals surface area contributed by atoms with Gasteiger partial charge in [0.25, 0.3) is 0 Å². The minimum atomic E-state index is 1.21. The first kappa shape index (κ1) is 7.86. The van der Waals surface area contributed by atoms with Crippen molar-refractivity contribution in [1.29, 1.82) is 0 Å². The molecule has 0 aliphatic rings. The predicted octanol–water partition coefficient (Wildman–Crippen LogP) is 2.99. The summed E-state index contributed by atoms with van der Waals surface area (Å²) < 4.78 is 0. The molecule has 0 spiro atoms. The third-order valence-corrected chi connectivity index (χ3v) is 1.62. The molecular weight excluding hydrogens is 134 g/mol. The van der Waals surface area contributed by atoms with Gasteiger partial charge in [-0.05, 0) is 25.5 Å². The van der Waals surface area contributed by atoms with Crippen molar-refractivity contribution in [1.82, 2.24) is 4.98 Å². The summed E-state index contributed by atoms with van der Waals surface area (Å²) >= 11 is 0. The second-order valence-electron chi connectivity index (χ2n) is 2.51. The second kappa shape index (κ2) is 3.81. The third kappa shape index (κ3) is 2.46. The van der Waals surface area contributed by atoms with E-state index in [1.807, 2.05) is 25.4 Å². The van der Waals surface area contributed by atoms with E-state index in [9.17, 15) is 0 Å². The SMILES string of the molecule is CC=C(C)C=Cc1cc[nH]c1. The highest BCUT2D eigenvalue weighted by molar-refractivity contribution is 5.51. The fraction of sp³-hybridized carbons (Fsp3) is 0.200. The van der Waals surface area contributed by atoms with Crippen molar-refractivity contribution in [3.63, 3.8) is 0 Å². The monoisotopic (exact) mass is 147 g/mol. The number of rotatable bonds is 2. The van der Waals surface area contributed by atoms with Gasteiger partial charge < -0.3 is 4.98 Å². The lowest BCUT2D eigenvalue weighted by molar-refractivity contribution is 1.41. The molecule has 1 heterocycles. The molecule has 0 amide bonds. The van der Waals surface area contributed by atoms with Crippen LogP contribution in [-0.4, -0.2) is 4.98 Å². The van der Waals surface area contributed by atoms with Crippen LogP contribution in [0.3, 0.4) is 0 Å². The van der Waals surface area contributed by atoms with Gasteiger partial charge in [0, 0.05) is 12.4 Å². The summed E-state index contributed by atoms with van der Waals surface area (Å²) in [6.45, 7) is 4.12. The van der Waals surface area contributed by atoms with Crippen LogP contribution in [0.15, 0.2) is 36.2 Å². The largest absolute Gasteiger partial charge is 0.367 e. The van der Waals surface area contributed by atoms with Gasteiger partial charge in [-0.3, -0.25) is 0 Å². The van der Waals surface area contributed by atoms with E-state index in [1.54, 1.807) is 0 Å². The summed E-state index contributed by atoms with van der Waals surface area (Å²) in [5.74, 6) is 0. The lowest BCUT2D eigenvalue weighted by atomic mass is 10.2. The topological polar surface area (TPSA) is 15.8 Å². The molecule has 11 heavy (non-hydrogen) atoms. The molecule has 0 saturated carbocycles. The Kier molecular flexibility index (Phi) is 2.73. The van der Waals surface area contributed by atoms with Crippen molar-refractivity contribution in [3.05, 3.63) is 41.7 Å². The van der Waals surface area contributed by atoms with Gasteiger partial charge in [-0.1, -0.05) is 23.8 Å². The van der Waals surface area contributed by atoms with E-state index in [1.165, 1.54) is 11.1 Å². The Morgan fingerprint density at radius 1 is 1.55 bits per heavy atom. The number of aromatic amines is 1. The molecule has 0 aliphatic heterocycles. The molecule has 0 saturated heterocycles. The second-order valence-corrected chi connectivity index (χ2v) is 2.51. The first-order valence-electron chi connectivity index (χ1n) is 3.76. The molecule has 1 nitrogen and oxygen atoms in total. The average molecular weight is 147 g/mol. The van der Waals surface area contributed by atoms with Crippen LogP contribution in [0.1, 0.15) is 19.4 Å². The van der Waals surface area contributed by atoms with Gasteiger partial charge in [0.15, 0.2) is 0 Å². The fourth-order valence-corrected chi connectivity index (χ4v) is 0.764. The van der Waals surface area contributed by atoms with Gasteiger partial charge in [0.1, 0.15) is 0 Å². The van der Waals surface area contributed by atoms with Crippen LogP contribution in [0.2, 0.25) is 0 Å². The molecule has 1 rings (SSSR count). The Balaban J connectivity index is 2.63. The van der Waals surface area contributed by atoms with E-state index in [2.05, 4.69) is 30.1 Å². The van der Waals surface area contributed by atoms with E-state index >= 15 is 0 Å². The summed E-state index contributed by atoms with van der Waals surface area (Å²) in [4.78, 5) is 3.00. The molecule has 0 fully saturated rings. The molecule has 0 unspecified atom stereocenters.